The van der Waals surface area contributed by atoms with E-state index in [9.17, 15) is 9.18 Å². The van der Waals surface area contributed by atoms with E-state index in [4.69, 9.17) is 15.5 Å². The number of hydrogen-bond donors (Lipinski definition) is 2. The average Bonchev–Trinajstić information content (AvgIpc) is 3.09. The number of hydrogen-bond acceptors (Lipinski definition) is 5. The molecule has 1 saturated carbocycles. The van der Waals surface area contributed by atoms with Gasteiger partial charge in [-0.25, -0.2) is 4.39 Å². The topological polar surface area (TPSA) is 76.7 Å². The zero-order chi connectivity index (χ0) is 19.0. The van der Waals surface area contributed by atoms with Crippen molar-refractivity contribution in [3.63, 3.8) is 0 Å². The molecule has 1 fully saturated rings. The van der Waals surface area contributed by atoms with Crippen molar-refractivity contribution < 1.29 is 13.9 Å². The Morgan fingerprint density at radius 1 is 1.44 bits per heavy atom. The van der Waals surface area contributed by atoms with Gasteiger partial charge in [-0.1, -0.05) is 24.6 Å². The Morgan fingerprint density at radius 3 is 3.07 bits per heavy atom. The molecule has 4 rings (SSSR count). The van der Waals surface area contributed by atoms with Crippen LogP contribution in [-0.2, 0) is 15.1 Å². The Morgan fingerprint density at radius 2 is 2.30 bits per heavy atom. The van der Waals surface area contributed by atoms with Gasteiger partial charge in [-0.2, -0.15) is 0 Å². The minimum atomic E-state index is -0.636. The zero-order valence-corrected chi connectivity index (χ0v) is 17.1. The molecule has 5 nitrogen and oxygen atoms in total. The van der Waals surface area contributed by atoms with E-state index in [0.29, 0.717) is 22.8 Å². The number of alkyl halides is 1. The standard InChI is InChI=1S/C19H21BrFN3O2S/c20-16-7-6-15(26-16)17(25)23-12-4-5-14(21)13(9-12)19-8-2-1-3-11(19)10-27-18(22)24-19/h4-6,9,11,16H,1-3,7-8,10H2,(H2,22,24)(H,23,25)/t11-,16?,19-/m0/s1. The van der Waals surface area contributed by atoms with Gasteiger partial charge in [0, 0.05) is 23.4 Å². The van der Waals surface area contributed by atoms with Crippen LogP contribution in [0.4, 0.5) is 10.1 Å². The first kappa shape index (κ1) is 18.8. The molecule has 0 saturated heterocycles. The van der Waals surface area contributed by atoms with Crippen LogP contribution in [0.5, 0.6) is 0 Å². The fraction of sp³-hybridized carbons (Fsp3) is 0.474. The van der Waals surface area contributed by atoms with Gasteiger partial charge < -0.3 is 15.8 Å². The molecule has 0 aromatic heterocycles. The lowest BCUT2D eigenvalue weighted by atomic mass is 9.69. The number of nitrogens with two attached hydrogens (primary N) is 1. The van der Waals surface area contributed by atoms with Gasteiger partial charge in [0.1, 0.15) is 5.82 Å². The number of carbonyl (C=O) groups is 1. The van der Waals surface area contributed by atoms with Crippen molar-refractivity contribution in [2.24, 2.45) is 16.6 Å². The van der Waals surface area contributed by atoms with Crippen molar-refractivity contribution in [2.75, 3.05) is 11.1 Å². The summed E-state index contributed by atoms with van der Waals surface area (Å²) in [7, 11) is 0. The van der Waals surface area contributed by atoms with Crippen LogP contribution in [0.2, 0.25) is 0 Å². The van der Waals surface area contributed by atoms with Gasteiger partial charge in [0.25, 0.3) is 5.91 Å². The summed E-state index contributed by atoms with van der Waals surface area (Å²) in [5, 5.41) is 3.14. The molecule has 1 aromatic rings. The molecule has 3 aliphatic rings. The van der Waals surface area contributed by atoms with E-state index < -0.39 is 5.54 Å². The number of aliphatic imine (C=N–C) groups is 1. The number of ether oxygens (including phenoxy) is 1. The number of amidine groups is 1. The van der Waals surface area contributed by atoms with Crippen LogP contribution in [0.3, 0.4) is 0 Å². The van der Waals surface area contributed by atoms with Gasteiger partial charge in [0.15, 0.2) is 15.9 Å². The summed E-state index contributed by atoms with van der Waals surface area (Å²) < 4.78 is 20.3. The molecule has 1 aliphatic carbocycles. The van der Waals surface area contributed by atoms with E-state index in [-0.39, 0.29) is 28.4 Å². The maximum atomic E-state index is 14.9. The van der Waals surface area contributed by atoms with E-state index >= 15 is 0 Å². The number of nitrogens with zero attached hydrogens (tertiary/aromatic N) is 1. The average molecular weight is 454 g/mol. The largest absolute Gasteiger partial charge is 0.473 e. The molecular weight excluding hydrogens is 433 g/mol. The summed E-state index contributed by atoms with van der Waals surface area (Å²) in [6.07, 6.45) is 6.26. The van der Waals surface area contributed by atoms with E-state index in [1.165, 1.54) is 6.07 Å². The molecule has 0 spiro atoms. The molecule has 1 unspecified atom stereocenters. The molecule has 0 bridgehead atoms. The highest BCUT2D eigenvalue weighted by Crippen LogP contribution is 2.50. The van der Waals surface area contributed by atoms with Crippen LogP contribution in [-0.4, -0.2) is 21.8 Å². The molecule has 2 heterocycles. The van der Waals surface area contributed by atoms with E-state index in [2.05, 4.69) is 21.2 Å². The third kappa shape index (κ3) is 3.61. The third-order valence-corrected chi connectivity index (χ3v) is 6.95. The number of rotatable bonds is 3. The number of thioether (sulfide) groups is 1. The highest BCUT2D eigenvalue weighted by Gasteiger charge is 2.46. The predicted octanol–water partition coefficient (Wildman–Crippen LogP) is 4.24. The first-order valence-corrected chi connectivity index (χ1v) is 11.0. The smallest absolute Gasteiger partial charge is 0.290 e. The fourth-order valence-electron chi connectivity index (χ4n) is 4.13. The van der Waals surface area contributed by atoms with Gasteiger partial charge in [-0.15, -0.1) is 0 Å². The first-order chi connectivity index (χ1) is 13.0. The third-order valence-electron chi connectivity index (χ3n) is 5.44. The predicted molar refractivity (Wildman–Crippen MR) is 109 cm³/mol. The molecule has 1 amide bonds. The van der Waals surface area contributed by atoms with Gasteiger partial charge >= 0.3 is 0 Å². The van der Waals surface area contributed by atoms with Crippen LogP contribution >= 0.6 is 27.7 Å². The number of fused-ring (bicyclic) bond motifs is 1. The van der Waals surface area contributed by atoms with Crippen molar-refractivity contribution in [3.05, 3.63) is 41.4 Å². The molecule has 8 heteroatoms. The van der Waals surface area contributed by atoms with Crippen molar-refractivity contribution in [1.82, 2.24) is 0 Å². The second kappa shape index (κ2) is 7.47. The Hall–Kier alpha value is -1.54. The lowest BCUT2D eigenvalue weighted by Gasteiger charge is -2.44. The Balaban J connectivity index is 1.66. The Bertz CT molecular complexity index is 831. The number of anilines is 1. The molecule has 2 aliphatic heterocycles. The monoisotopic (exact) mass is 453 g/mol. The Labute approximate surface area is 170 Å². The lowest BCUT2D eigenvalue weighted by molar-refractivity contribution is -0.115. The normalized spacial score (nSPS) is 30.0. The zero-order valence-electron chi connectivity index (χ0n) is 14.7. The molecule has 0 radical (unpaired) electrons. The van der Waals surface area contributed by atoms with Crippen molar-refractivity contribution in [2.45, 2.75) is 42.7 Å². The van der Waals surface area contributed by atoms with Gasteiger partial charge in [0.2, 0.25) is 0 Å². The Kier molecular flexibility index (Phi) is 5.20. The molecular formula is C19H21BrFN3O2S. The van der Waals surface area contributed by atoms with E-state index in [0.717, 1.165) is 31.4 Å². The van der Waals surface area contributed by atoms with Crippen LogP contribution in [0.15, 0.2) is 35.0 Å². The summed E-state index contributed by atoms with van der Waals surface area (Å²) in [5.41, 5.74) is 6.44. The summed E-state index contributed by atoms with van der Waals surface area (Å²) in [4.78, 5) is 17.1. The second-order valence-corrected chi connectivity index (χ2v) is 9.17. The maximum Gasteiger partial charge on any atom is 0.290 e. The fourth-order valence-corrected chi connectivity index (χ4v) is 5.56. The number of halogens is 2. The van der Waals surface area contributed by atoms with Gasteiger partial charge in [-0.3, -0.25) is 9.79 Å². The minimum Gasteiger partial charge on any atom is -0.473 e. The van der Waals surface area contributed by atoms with Crippen molar-refractivity contribution >= 4 is 44.5 Å². The summed E-state index contributed by atoms with van der Waals surface area (Å²) in [5.74, 6) is 0.722. The lowest BCUT2D eigenvalue weighted by Crippen LogP contribution is -2.43. The molecule has 3 N–H and O–H groups in total. The number of amides is 1. The van der Waals surface area contributed by atoms with Crippen LogP contribution < -0.4 is 11.1 Å². The van der Waals surface area contributed by atoms with Crippen LogP contribution in [0.25, 0.3) is 0 Å². The number of nitrogens with one attached hydrogen (secondary N) is 1. The van der Waals surface area contributed by atoms with Crippen molar-refractivity contribution in [1.29, 1.82) is 0 Å². The van der Waals surface area contributed by atoms with E-state index in [1.807, 2.05) is 0 Å². The summed E-state index contributed by atoms with van der Waals surface area (Å²) >= 11 is 4.86. The van der Waals surface area contributed by atoms with Crippen LogP contribution in [0, 0.1) is 11.7 Å². The summed E-state index contributed by atoms with van der Waals surface area (Å²) in [6.45, 7) is 0. The first-order valence-electron chi connectivity index (χ1n) is 9.08. The molecule has 1 aromatic carbocycles. The van der Waals surface area contributed by atoms with Gasteiger partial charge in [-0.05, 0) is 59.0 Å². The number of carbonyl (C=O) groups excluding carboxylic acids is 1. The highest BCUT2D eigenvalue weighted by molar-refractivity contribution is 9.09. The number of benzene rings is 1. The minimum absolute atomic E-state index is 0.180. The quantitative estimate of drug-likeness (QED) is 0.671. The molecule has 144 valence electrons. The van der Waals surface area contributed by atoms with Crippen LogP contribution in [0.1, 0.15) is 37.7 Å². The van der Waals surface area contributed by atoms with Gasteiger partial charge in [0.05, 0.1) is 5.54 Å². The molecule has 3 atom stereocenters. The molecule has 27 heavy (non-hydrogen) atoms. The summed E-state index contributed by atoms with van der Waals surface area (Å²) in [6, 6.07) is 4.67. The van der Waals surface area contributed by atoms with Crippen molar-refractivity contribution in [3.8, 4) is 0 Å². The SMILES string of the molecule is NC1=N[C@@]2(c3cc(NC(=O)C4=CCC(Br)O4)ccc3F)CCCC[C@H]2CS1. The highest BCUT2D eigenvalue weighted by atomic mass is 79.9. The van der Waals surface area contributed by atoms with E-state index in [1.54, 1.807) is 30.0 Å². The second-order valence-electron chi connectivity index (χ2n) is 7.11. The maximum absolute atomic E-state index is 14.9.